The largest absolute Gasteiger partial charge is 0.352 e. The molecule has 1 aliphatic heterocycles. The quantitative estimate of drug-likeness (QED) is 0.894. The Hall–Kier alpha value is -1.35. The minimum atomic E-state index is 0.170. The van der Waals surface area contributed by atoms with E-state index in [4.69, 9.17) is 0 Å². The van der Waals surface area contributed by atoms with Crippen LogP contribution >= 0.6 is 0 Å². The highest BCUT2D eigenvalue weighted by Crippen LogP contribution is 2.22. The van der Waals surface area contributed by atoms with E-state index in [0.717, 1.165) is 32.4 Å². The molecule has 0 aromatic heterocycles. The first kappa shape index (κ1) is 16.0. The van der Waals surface area contributed by atoms with E-state index in [1.54, 1.807) is 0 Å². The topological polar surface area (TPSA) is 41.1 Å². The molecule has 0 aliphatic carbocycles. The normalized spacial score (nSPS) is 19.3. The maximum Gasteiger partial charge on any atom is 0.220 e. The van der Waals surface area contributed by atoms with Crippen LogP contribution < -0.4 is 10.6 Å². The van der Waals surface area contributed by atoms with Crippen molar-refractivity contribution in [2.24, 2.45) is 0 Å². The maximum atomic E-state index is 12.0. The van der Waals surface area contributed by atoms with Crippen LogP contribution in [0, 0.1) is 0 Å². The molecule has 3 nitrogen and oxygen atoms in total. The summed E-state index contributed by atoms with van der Waals surface area (Å²) < 4.78 is 0. The molecular weight excluding hydrogens is 260 g/mol. The summed E-state index contributed by atoms with van der Waals surface area (Å²) in [4.78, 5) is 12.0. The van der Waals surface area contributed by atoms with Gasteiger partial charge in [-0.25, -0.2) is 0 Å². The van der Waals surface area contributed by atoms with Crippen LogP contribution in [0.25, 0.3) is 0 Å². The Morgan fingerprint density at radius 1 is 1.29 bits per heavy atom. The molecule has 0 spiro atoms. The Morgan fingerprint density at radius 3 is 2.57 bits per heavy atom. The van der Waals surface area contributed by atoms with Gasteiger partial charge in [-0.15, -0.1) is 0 Å². The number of hydrogen-bond acceptors (Lipinski definition) is 2. The summed E-state index contributed by atoms with van der Waals surface area (Å²) in [6, 6.07) is 8.97. The number of piperidine rings is 1. The molecule has 116 valence electrons. The fourth-order valence-electron chi connectivity index (χ4n) is 2.70. The van der Waals surface area contributed by atoms with Gasteiger partial charge in [0.05, 0.1) is 0 Å². The molecule has 1 atom stereocenters. The van der Waals surface area contributed by atoms with E-state index in [-0.39, 0.29) is 11.3 Å². The van der Waals surface area contributed by atoms with Crippen molar-refractivity contribution < 1.29 is 4.79 Å². The fraction of sp³-hybridized carbons (Fsp3) is 0.611. The highest BCUT2D eigenvalue weighted by atomic mass is 16.1. The second kappa shape index (κ2) is 7.08. The molecule has 0 bridgehead atoms. The van der Waals surface area contributed by atoms with Crippen LogP contribution in [0.3, 0.4) is 0 Å². The standard InChI is InChI=1S/C18H28N2O/c1-18(2,3)15-9-6-14(7-10-15)8-11-17(21)20-16-5-4-12-19-13-16/h6-7,9-10,16,19H,4-5,8,11-13H2,1-3H3,(H,20,21). The zero-order valence-electron chi connectivity index (χ0n) is 13.5. The molecule has 1 heterocycles. The van der Waals surface area contributed by atoms with Crippen LogP contribution in [0.15, 0.2) is 24.3 Å². The summed E-state index contributed by atoms with van der Waals surface area (Å²) in [6.45, 7) is 8.63. The molecule has 2 N–H and O–H groups in total. The average molecular weight is 288 g/mol. The monoisotopic (exact) mass is 288 g/mol. The van der Waals surface area contributed by atoms with Crippen LogP contribution in [0.1, 0.15) is 51.2 Å². The molecule has 1 aliphatic rings. The summed E-state index contributed by atoms with van der Waals surface area (Å²) in [5, 5.41) is 6.44. The number of benzene rings is 1. The van der Waals surface area contributed by atoms with Gasteiger partial charge in [0, 0.05) is 19.0 Å². The Labute approximate surface area is 128 Å². The Kier molecular flexibility index (Phi) is 5.40. The van der Waals surface area contributed by atoms with E-state index >= 15 is 0 Å². The summed E-state index contributed by atoms with van der Waals surface area (Å²) >= 11 is 0. The summed E-state index contributed by atoms with van der Waals surface area (Å²) in [6.07, 6.45) is 3.64. The van der Waals surface area contributed by atoms with Crippen LogP contribution in [0.4, 0.5) is 0 Å². The van der Waals surface area contributed by atoms with Gasteiger partial charge in [0.1, 0.15) is 0 Å². The minimum Gasteiger partial charge on any atom is -0.352 e. The lowest BCUT2D eigenvalue weighted by atomic mass is 9.86. The van der Waals surface area contributed by atoms with E-state index in [1.165, 1.54) is 11.1 Å². The first-order valence-electron chi connectivity index (χ1n) is 8.04. The predicted octanol–water partition coefficient (Wildman–Crippen LogP) is 2.78. The molecule has 1 aromatic carbocycles. The fourth-order valence-corrected chi connectivity index (χ4v) is 2.70. The van der Waals surface area contributed by atoms with E-state index in [9.17, 15) is 4.79 Å². The van der Waals surface area contributed by atoms with E-state index in [1.807, 2.05) is 0 Å². The SMILES string of the molecule is CC(C)(C)c1ccc(CCC(=O)NC2CCCNC2)cc1. The van der Waals surface area contributed by atoms with E-state index < -0.39 is 0 Å². The third kappa shape index (κ3) is 5.16. The maximum absolute atomic E-state index is 12.0. The molecule has 1 unspecified atom stereocenters. The lowest BCUT2D eigenvalue weighted by Crippen LogP contribution is -2.45. The van der Waals surface area contributed by atoms with Crippen molar-refractivity contribution in [3.63, 3.8) is 0 Å². The van der Waals surface area contributed by atoms with Crippen molar-refractivity contribution in [3.05, 3.63) is 35.4 Å². The number of nitrogens with one attached hydrogen (secondary N) is 2. The van der Waals surface area contributed by atoms with Crippen LogP contribution in [0.2, 0.25) is 0 Å². The number of amides is 1. The van der Waals surface area contributed by atoms with Crippen molar-refractivity contribution in [3.8, 4) is 0 Å². The van der Waals surface area contributed by atoms with E-state index in [0.29, 0.717) is 12.5 Å². The first-order chi connectivity index (χ1) is 9.95. The van der Waals surface area contributed by atoms with Crippen LogP contribution in [0.5, 0.6) is 0 Å². The third-order valence-electron chi connectivity index (χ3n) is 4.12. The van der Waals surface area contributed by atoms with Gasteiger partial charge in [-0.2, -0.15) is 0 Å². The molecule has 1 fully saturated rings. The highest BCUT2D eigenvalue weighted by molar-refractivity contribution is 5.76. The van der Waals surface area contributed by atoms with Crippen LogP contribution in [-0.2, 0) is 16.6 Å². The molecule has 1 saturated heterocycles. The molecule has 2 rings (SSSR count). The Bertz CT molecular complexity index is 453. The minimum absolute atomic E-state index is 0.170. The molecule has 1 amide bonds. The summed E-state index contributed by atoms with van der Waals surface area (Å²) in [5.41, 5.74) is 2.76. The smallest absolute Gasteiger partial charge is 0.220 e. The lowest BCUT2D eigenvalue weighted by molar-refractivity contribution is -0.121. The van der Waals surface area contributed by atoms with Crippen molar-refractivity contribution >= 4 is 5.91 Å². The van der Waals surface area contributed by atoms with Gasteiger partial charge in [0.15, 0.2) is 0 Å². The average Bonchev–Trinajstić information content (AvgIpc) is 2.46. The number of rotatable bonds is 4. The number of carbonyl (C=O) groups excluding carboxylic acids is 1. The van der Waals surface area contributed by atoms with Gasteiger partial charge in [-0.3, -0.25) is 4.79 Å². The van der Waals surface area contributed by atoms with Gasteiger partial charge in [0.25, 0.3) is 0 Å². The number of hydrogen-bond donors (Lipinski definition) is 2. The second-order valence-corrected chi connectivity index (χ2v) is 7.06. The van der Waals surface area contributed by atoms with Crippen molar-refractivity contribution in [1.82, 2.24) is 10.6 Å². The van der Waals surface area contributed by atoms with Gasteiger partial charge >= 0.3 is 0 Å². The lowest BCUT2D eigenvalue weighted by Gasteiger charge is -2.23. The number of carbonyl (C=O) groups is 1. The zero-order valence-corrected chi connectivity index (χ0v) is 13.5. The Balaban J connectivity index is 1.78. The Morgan fingerprint density at radius 2 is 2.00 bits per heavy atom. The molecule has 1 aromatic rings. The second-order valence-electron chi connectivity index (χ2n) is 7.06. The van der Waals surface area contributed by atoms with Gasteiger partial charge in [-0.05, 0) is 42.3 Å². The van der Waals surface area contributed by atoms with E-state index in [2.05, 4.69) is 55.7 Å². The predicted molar refractivity (Wildman–Crippen MR) is 87.5 cm³/mol. The molecular formula is C18H28N2O. The van der Waals surface area contributed by atoms with Gasteiger partial charge in [0.2, 0.25) is 5.91 Å². The molecule has 21 heavy (non-hydrogen) atoms. The number of aryl methyl sites for hydroxylation is 1. The zero-order chi connectivity index (χ0) is 15.3. The molecule has 0 saturated carbocycles. The first-order valence-corrected chi connectivity index (χ1v) is 8.04. The van der Waals surface area contributed by atoms with Crippen molar-refractivity contribution in [1.29, 1.82) is 0 Å². The van der Waals surface area contributed by atoms with Crippen molar-refractivity contribution in [2.75, 3.05) is 13.1 Å². The van der Waals surface area contributed by atoms with Gasteiger partial charge < -0.3 is 10.6 Å². The third-order valence-corrected chi connectivity index (χ3v) is 4.12. The van der Waals surface area contributed by atoms with Crippen molar-refractivity contribution in [2.45, 2.75) is 57.9 Å². The van der Waals surface area contributed by atoms with Crippen LogP contribution in [-0.4, -0.2) is 25.0 Å². The summed E-state index contributed by atoms with van der Waals surface area (Å²) in [7, 11) is 0. The molecule has 0 radical (unpaired) electrons. The summed E-state index contributed by atoms with van der Waals surface area (Å²) in [5.74, 6) is 0.170. The van der Waals surface area contributed by atoms with Gasteiger partial charge in [-0.1, -0.05) is 45.0 Å². The molecule has 3 heteroatoms. The highest BCUT2D eigenvalue weighted by Gasteiger charge is 2.15.